The smallest absolute Gasteiger partial charge is 0.262 e. The minimum Gasteiger partial charge on any atom is -0.349 e. The summed E-state index contributed by atoms with van der Waals surface area (Å²) in [4.78, 5) is 26.2. The fourth-order valence-electron chi connectivity index (χ4n) is 4.22. The average molecular weight is 453 g/mol. The van der Waals surface area contributed by atoms with Crippen molar-refractivity contribution in [2.45, 2.75) is 70.1 Å². The molecule has 168 valence electrons. The second-order valence-electron chi connectivity index (χ2n) is 8.74. The van der Waals surface area contributed by atoms with Gasteiger partial charge in [0.2, 0.25) is 5.78 Å². The molecule has 2 heterocycles. The van der Waals surface area contributed by atoms with Gasteiger partial charge in [0.25, 0.3) is 11.5 Å². The predicted molar refractivity (Wildman–Crippen MR) is 125 cm³/mol. The molecular weight excluding hydrogens is 424 g/mol. The Balaban J connectivity index is 1.81. The van der Waals surface area contributed by atoms with Gasteiger partial charge in [0.1, 0.15) is 0 Å². The maximum atomic E-state index is 13.3. The van der Waals surface area contributed by atoms with Gasteiger partial charge in [-0.2, -0.15) is 5.26 Å². The number of thioether (sulfide) groups is 1. The highest BCUT2D eigenvalue weighted by atomic mass is 32.2. The van der Waals surface area contributed by atoms with Gasteiger partial charge in [-0.05, 0) is 43.4 Å². The summed E-state index contributed by atoms with van der Waals surface area (Å²) in [5.74, 6) is 0.956. The fourth-order valence-corrected chi connectivity index (χ4v) is 4.82. The molecule has 0 spiro atoms. The van der Waals surface area contributed by atoms with Crippen molar-refractivity contribution in [3.05, 3.63) is 34.1 Å². The Kier molecular flexibility index (Phi) is 6.80. The normalized spacial score (nSPS) is 14.8. The van der Waals surface area contributed by atoms with Crippen LogP contribution in [0.5, 0.6) is 0 Å². The lowest BCUT2D eigenvalue weighted by Crippen LogP contribution is -2.36. The molecule has 0 bridgehead atoms. The Morgan fingerprint density at radius 2 is 2.06 bits per heavy atom. The third-order valence-corrected chi connectivity index (χ3v) is 6.77. The average Bonchev–Trinajstić information content (AvgIpc) is 3.21. The van der Waals surface area contributed by atoms with E-state index in [0.29, 0.717) is 39.9 Å². The molecule has 4 rings (SSSR count). The minimum atomic E-state index is -0.142. The summed E-state index contributed by atoms with van der Waals surface area (Å²) >= 11 is 1.27. The molecule has 2 aromatic heterocycles. The lowest BCUT2D eigenvalue weighted by Gasteiger charge is -2.22. The highest BCUT2D eigenvalue weighted by Gasteiger charge is 2.20. The molecule has 0 aliphatic heterocycles. The number of benzene rings is 1. The van der Waals surface area contributed by atoms with E-state index >= 15 is 0 Å². The molecule has 1 N–H and O–H groups in total. The largest absolute Gasteiger partial charge is 0.349 e. The van der Waals surface area contributed by atoms with Crippen LogP contribution in [0.2, 0.25) is 0 Å². The van der Waals surface area contributed by atoms with Crippen LogP contribution in [0.4, 0.5) is 0 Å². The molecule has 1 aliphatic carbocycles. The Bertz CT molecular complexity index is 1230. The lowest BCUT2D eigenvalue weighted by molar-refractivity contribution is 0.0928. The van der Waals surface area contributed by atoms with Gasteiger partial charge in [0.05, 0.1) is 22.7 Å². The van der Waals surface area contributed by atoms with E-state index in [0.717, 1.165) is 32.1 Å². The van der Waals surface area contributed by atoms with E-state index in [4.69, 9.17) is 5.26 Å². The van der Waals surface area contributed by atoms with Gasteiger partial charge in [-0.25, -0.2) is 0 Å². The van der Waals surface area contributed by atoms with Gasteiger partial charge >= 0.3 is 0 Å². The zero-order valence-corrected chi connectivity index (χ0v) is 19.3. The summed E-state index contributed by atoms with van der Waals surface area (Å²) in [6, 6.07) is 7.49. The Labute approximate surface area is 191 Å². The van der Waals surface area contributed by atoms with Crippen molar-refractivity contribution in [1.82, 2.24) is 24.5 Å². The molecule has 8 nitrogen and oxygen atoms in total. The SMILES string of the molecule is CC(C)CCn1c(=O)c2ccc(C(=O)NC3CCCCC3)cc2n2c(SCC#N)nnc12. The molecule has 0 unspecified atom stereocenters. The molecule has 1 fully saturated rings. The number of aryl methyl sites for hydroxylation is 1. The third kappa shape index (κ3) is 4.51. The first-order chi connectivity index (χ1) is 15.5. The molecule has 1 aromatic carbocycles. The third-order valence-electron chi connectivity index (χ3n) is 5.97. The van der Waals surface area contributed by atoms with E-state index in [1.165, 1.54) is 18.2 Å². The first-order valence-electron chi connectivity index (χ1n) is 11.2. The summed E-state index contributed by atoms with van der Waals surface area (Å²) in [7, 11) is 0. The van der Waals surface area contributed by atoms with Crippen molar-refractivity contribution in [2.24, 2.45) is 5.92 Å². The molecule has 32 heavy (non-hydrogen) atoms. The van der Waals surface area contributed by atoms with E-state index in [-0.39, 0.29) is 23.3 Å². The van der Waals surface area contributed by atoms with E-state index in [1.807, 2.05) is 0 Å². The Hall–Kier alpha value is -2.86. The number of hydrogen-bond acceptors (Lipinski definition) is 6. The monoisotopic (exact) mass is 452 g/mol. The topological polar surface area (TPSA) is 105 Å². The van der Waals surface area contributed by atoms with Gasteiger partial charge in [0, 0.05) is 18.2 Å². The number of hydrogen-bond donors (Lipinski definition) is 1. The van der Waals surface area contributed by atoms with E-state index in [1.54, 1.807) is 27.2 Å². The number of nitriles is 1. The van der Waals surface area contributed by atoms with Crippen LogP contribution in [0.1, 0.15) is 62.7 Å². The fraction of sp³-hybridized carbons (Fsp3) is 0.522. The van der Waals surface area contributed by atoms with Crippen molar-refractivity contribution in [3.8, 4) is 6.07 Å². The standard InChI is InChI=1S/C23H28N6O2S/c1-15(2)10-12-28-21(31)18-9-8-16(20(30)25-17-6-4-3-5-7-17)14-19(18)29-22(28)26-27-23(29)32-13-11-24/h8-9,14-15,17H,3-7,10,12-13H2,1-2H3,(H,25,30). The molecule has 1 amide bonds. The number of nitrogens with zero attached hydrogens (tertiary/aromatic N) is 5. The maximum absolute atomic E-state index is 13.3. The lowest BCUT2D eigenvalue weighted by atomic mass is 9.95. The van der Waals surface area contributed by atoms with Crippen LogP contribution < -0.4 is 10.9 Å². The zero-order valence-electron chi connectivity index (χ0n) is 18.5. The maximum Gasteiger partial charge on any atom is 0.262 e. The molecule has 9 heteroatoms. The summed E-state index contributed by atoms with van der Waals surface area (Å²) < 4.78 is 3.45. The van der Waals surface area contributed by atoms with Crippen molar-refractivity contribution in [1.29, 1.82) is 5.26 Å². The Morgan fingerprint density at radius 1 is 1.28 bits per heavy atom. The first kappa shape index (κ1) is 22.3. The molecule has 1 saturated carbocycles. The highest BCUT2D eigenvalue weighted by molar-refractivity contribution is 7.99. The van der Waals surface area contributed by atoms with Crippen molar-refractivity contribution >= 4 is 34.3 Å². The molecular formula is C23H28N6O2S. The van der Waals surface area contributed by atoms with E-state index in [2.05, 4.69) is 35.4 Å². The van der Waals surface area contributed by atoms with Crippen LogP contribution in [0, 0.1) is 17.2 Å². The number of fused-ring (bicyclic) bond motifs is 3. The van der Waals surface area contributed by atoms with Crippen LogP contribution >= 0.6 is 11.8 Å². The van der Waals surface area contributed by atoms with Crippen molar-refractivity contribution in [3.63, 3.8) is 0 Å². The molecule has 0 radical (unpaired) electrons. The van der Waals surface area contributed by atoms with Gasteiger partial charge in [0.15, 0.2) is 5.16 Å². The Morgan fingerprint density at radius 3 is 2.78 bits per heavy atom. The van der Waals surface area contributed by atoms with Crippen LogP contribution in [-0.2, 0) is 6.54 Å². The van der Waals surface area contributed by atoms with Crippen LogP contribution in [0.25, 0.3) is 16.7 Å². The summed E-state index contributed by atoms with van der Waals surface area (Å²) in [5, 5.41) is 21.7. The number of amides is 1. The van der Waals surface area contributed by atoms with Gasteiger partial charge in [-0.15, -0.1) is 10.2 Å². The minimum absolute atomic E-state index is 0.129. The van der Waals surface area contributed by atoms with E-state index in [9.17, 15) is 9.59 Å². The highest BCUT2D eigenvalue weighted by Crippen LogP contribution is 2.23. The number of rotatable bonds is 7. The van der Waals surface area contributed by atoms with Crippen LogP contribution in [0.15, 0.2) is 28.2 Å². The summed E-state index contributed by atoms with van der Waals surface area (Å²) in [5.41, 5.74) is 0.956. The second kappa shape index (κ2) is 9.74. The van der Waals surface area contributed by atoms with Crippen LogP contribution in [0.3, 0.4) is 0 Å². The molecule has 0 atom stereocenters. The van der Waals surface area contributed by atoms with Gasteiger partial charge < -0.3 is 5.32 Å². The quantitative estimate of drug-likeness (QED) is 0.547. The zero-order chi connectivity index (χ0) is 22.7. The molecule has 1 aliphatic rings. The number of carbonyl (C=O) groups excluding carboxylic acids is 1. The number of carbonyl (C=O) groups is 1. The van der Waals surface area contributed by atoms with E-state index < -0.39 is 0 Å². The van der Waals surface area contributed by atoms with Gasteiger partial charge in [-0.1, -0.05) is 44.9 Å². The second-order valence-corrected chi connectivity index (χ2v) is 9.69. The van der Waals surface area contributed by atoms with Crippen molar-refractivity contribution < 1.29 is 4.79 Å². The summed E-state index contributed by atoms with van der Waals surface area (Å²) in [6.07, 6.45) is 6.34. The van der Waals surface area contributed by atoms with Crippen LogP contribution in [-0.4, -0.2) is 36.9 Å². The van der Waals surface area contributed by atoms with Gasteiger partial charge in [-0.3, -0.25) is 18.6 Å². The summed E-state index contributed by atoms with van der Waals surface area (Å²) in [6.45, 7) is 4.75. The number of nitrogens with one attached hydrogen (secondary N) is 1. The number of aromatic nitrogens is 4. The predicted octanol–water partition coefficient (Wildman–Crippen LogP) is 3.77. The van der Waals surface area contributed by atoms with Crippen molar-refractivity contribution in [2.75, 3.05) is 5.75 Å². The molecule has 0 saturated heterocycles. The molecule has 3 aromatic rings. The first-order valence-corrected chi connectivity index (χ1v) is 12.2.